The molecule has 1 amide bonds. The van der Waals surface area contributed by atoms with Gasteiger partial charge in [0.25, 0.3) is 5.91 Å². The normalized spacial score (nSPS) is 19.5. The van der Waals surface area contributed by atoms with E-state index in [4.69, 9.17) is 4.74 Å². The number of hydrogen-bond donors (Lipinski definition) is 0. The molecule has 1 aromatic heterocycles. The van der Waals surface area contributed by atoms with Crippen LogP contribution in [0, 0.1) is 0 Å². The second-order valence-corrected chi connectivity index (χ2v) is 9.20. The average Bonchev–Trinajstić information content (AvgIpc) is 2.80. The van der Waals surface area contributed by atoms with Crippen LogP contribution >= 0.6 is 0 Å². The molecule has 7 heteroatoms. The Balaban J connectivity index is 1.74. The van der Waals surface area contributed by atoms with Crippen LogP contribution in [-0.2, 0) is 9.84 Å². The summed E-state index contributed by atoms with van der Waals surface area (Å²) in [6.45, 7) is 4.39. The summed E-state index contributed by atoms with van der Waals surface area (Å²) >= 11 is 0. The Morgan fingerprint density at radius 3 is 2.52 bits per heavy atom. The third kappa shape index (κ3) is 4.66. The molecule has 1 aliphatic rings. The second-order valence-electron chi connectivity index (χ2n) is 6.90. The molecule has 1 aliphatic heterocycles. The fourth-order valence-electron chi connectivity index (χ4n) is 3.19. The Morgan fingerprint density at radius 1 is 1.15 bits per heavy atom. The highest BCUT2D eigenvalue weighted by molar-refractivity contribution is 7.91. The van der Waals surface area contributed by atoms with E-state index < -0.39 is 15.1 Å². The fourth-order valence-corrected chi connectivity index (χ4v) is 4.99. The van der Waals surface area contributed by atoms with Crippen LogP contribution in [0.2, 0.25) is 0 Å². The predicted molar refractivity (Wildman–Crippen MR) is 103 cm³/mol. The molecular weight excluding hydrogens is 364 g/mol. The smallest absolute Gasteiger partial charge is 0.255 e. The molecule has 0 aliphatic carbocycles. The molecule has 0 N–H and O–H groups in total. The van der Waals surface area contributed by atoms with Gasteiger partial charge in [-0.1, -0.05) is 30.3 Å². The van der Waals surface area contributed by atoms with Crippen molar-refractivity contribution in [2.75, 3.05) is 18.8 Å². The van der Waals surface area contributed by atoms with E-state index in [1.54, 1.807) is 17.0 Å². The summed E-state index contributed by atoms with van der Waals surface area (Å²) in [5.74, 6) is 0.215. The first-order chi connectivity index (χ1) is 12.9. The lowest BCUT2D eigenvalue weighted by atomic mass is 10.1. The number of benzene rings is 1. The van der Waals surface area contributed by atoms with Gasteiger partial charge in [-0.25, -0.2) is 13.4 Å². The number of nitrogens with zero attached hydrogens (tertiary/aromatic N) is 2. The zero-order valence-corrected chi connectivity index (χ0v) is 16.4. The van der Waals surface area contributed by atoms with E-state index in [0.717, 1.165) is 5.56 Å². The zero-order valence-electron chi connectivity index (χ0n) is 15.5. The van der Waals surface area contributed by atoms with Gasteiger partial charge < -0.3 is 9.64 Å². The third-order valence-corrected chi connectivity index (χ3v) is 6.67. The monoisotopic (exact) mass is 388 g/mol. The highest BCUT2D eigenvalue weighted by atomic mass is 32.2. The van der Waals surface area contributed by atoms with Crippen molar-refractivity contribution in [1.82, 2.24) is 9.88 Å². The lowest BCUT2D eigenvalue weighted by Gasteiger charge is -2.20. The Hall–Kier alpha value is -2.41. The van der Waals surface area contributed by atoms with Crippen molar-refractivity contribution in [3.63, 3.8) is 0 Å². The first-order valence-electron chi connectivity index (χ1n) is 9.05. The van der Waals surface area contributed by atoms with Crippen molar-refractivity contribution in [3.8, 4) is 5.88 Å². The van der Waals surface area contributed by atoms with E-state index in [0.29, 0.717) is 24.4 Å². The average molecular weight is 388 g/mol. The summed E-state index contributed by atoms with van der Waals surface area (Å²) in [6.07, 6.45) is 1.87. The highest BCUT2D eigenvalue weighted by Crippen LogP contribution is 2.29. The van der Waals surface area contributed by atoms with E-state index in [2.05, 4.69) is 4.98 Å². The maximum atomic E-state index is 12.8. The molecule has 6 nitrogen and oxygen atoms in total. The maximum absolute atomic E-state index is 12.8. The Labute approximate surface area is 160 Å². The van der Waals surface area contributed by atoms with Crippen molar-refractivity contribution in [3.05, 3.63) is 59.8 Å². The van der Waals surface area contributed by atoms with Crippen molar-refractivity contribution in [2.24, 2.45) is 0 Å². The number of amides is 1. The minimum absolute atomic E-state index is 0.00443. The molecule has 0 bridgehead atoms. The minimum atomic E-state index is -3.31. The summed E-state index contributed by atoms with van der Waals surface area (Å²) in [4.78, 5) is 18.5. The van der Waals surface area contributed by atoms with Gasteiger partial charge in [-0.2, -0.15) is 0 Å². The number of pyridine rings is 1. The van der Waals surface area contributed by atoms with Crippen LogP contribution in [0.25, 0.3) is 0 Å². The summed E-state index contributed by atoms with van der Waals surface area (Å²) < 4.78 is 30.9. The van der Waals surface area contributed by atoms with Gasteiger partial charge in [-0.05, 0) is 31.9 Å². The SMILES string of the molecule is CC(C)Oc1ccc(C(=O)N2CCC(c3ccccc3)S(=O)(=O)CC2)cn1. The van der Waals surface area contributed by atoms with E-state index in [-0.39, 0.29) is 24.3 Å². The zero-order chi connectivity index (χ0) is 19.4. The van der Waals surface area contributed by atoms with Crippen LogP contribution in [0.3, 0.4) is 0 Å². The van der Waals surface area contributed by atoms with Gasteiger partial charge in [-0.15, -0.1) is 0 Å². The molecule has 144 valence electrons. The largest absolute Gasteiger partial charge is 0.475 e. The van der Waals surface area contributed by atoms with Crippen molar-refractivity contribution in [1.29, 1.82) is 0 Å². The quantitative estimate of drug-likeness (QED) is 0.805. The molecule has 3 rings (SSSR count). The number of carbonyl (C=O) groups excluding carboxylic acids is 1. The number of ether oxygens (including phenoxy) is 1. The first-order valence-corrected chi connectivity index (χ1v) is 10.8. The van der Waals surface area contributed by atoms with Gasteiger partial charge in [0.2, 0.25) is 5.88 Å². The molecule has 1 saturated heterocycles. The van der Waals surface area contributed by atoms with Crippen LogP contribution in [-0.4, -0.2) is 49.2 Å². The van der Waals surface area contributed by atoms with E-state index >= 15 is 0 Å². The van der Waals surface area contributed by atoms with Gasteiger partial charge in [0.1, 0.15) is 0 Å². The molecule has 1 fully saturated rings. The molecule has 1 atom stereocenters. The van der Waals surface area contributed by atoms with Crippen LogP contribution in [0.4, 0.5) is 0 Å². The Kier molecular flexibility index (Phi) is 5.79. The van der Waals surface area contributed by atoms with Crippen molar-refractivity contribution < 1.29 is 17.9 Å². The van der Waals surface area contributed by atoms with Crippen LogP contribution in [0.15, 0.2) is 48.7 Å². The summed E-state index contributed by atoms with van der Waals surface area (Å²) in [5.41, 5.74) is 1.21. The number of rotatable bonds is 4. The van der Waals surface area contributed by atoms with Gasteiger partial charge in [0.15, 0.2) is 9.84 Å². The predicted octanol–water partition coefficient (Wildman–Crippen LogP) is 2.87. The fraction of sp³-hybridized carbons (Fsp3) is 0.400. The number of carbonyl (C=O) groups is 1. The molecule has 0 saturated carbocycles. The molecule has 1 unspecified atom stereocenters. The van der Waals surface area contributed by atoms with Gasteiger partial charge in [0, 0.05) is 25.4 Å². The Morgan fingerprint density at radius 2 is 1.89 bits per heavy atom. The van der Waals surface area contributed by atoms with Gasteiger partial charge in [-0.3, -0.25) is 4.79 Å². The summed E-state index contributed by atoms with van der Waals surface area (Å²) in [5, 5.41) is -0.573. The van der Waals surface area contributed by atoms with E-state index in [1.165, 1.54) is 6.20 Å². The van der Waals surface area contributed by atoms with E-state index in [9.17, 15) is 13.2 Å². The van der Waals surface area contributed by atoms with Crippen LogP contribution < -0.4 is 4.74 Å². The molecule has 2 heterocycles. The lowest BCUT2D eigenvalue weighted by molar-refractivity contribution is 0.0766. The topological polar surface area (TPSA) is 76.6 Å². The minimum Gasteiger partial charge on any atom is -0.475 e. The van der Waals surface area contributed by atoms with E-state index in [1.807, 2.05) is 44.2 Å². The standard InChI is InChI=1S/C20H24N2O4S/c1-15(2)26-19-9-8-17(14-21-19)20(23)22-11-10-18(27(24,25)13-12-22)16-6-4-3-5-7-16/h3-9,14-15,18H,10-13H2,1-2H3. The second kappa shape index (κ2) is 8.08. The summed E-state index contributed by atoms with van der Waals surface area (Å²) in [6, 6.07) is 12.5. The maximum Gasteiger partial charge on any atom is 0.255 e. The van der Waals surface area contributed by atoms with Crippen LogP contribution in [0.1, 0.15) is 41.4 Å². The Bertz CT molecular complexity index is 880. The molecule has 0 radical (unpaired) electrons. The van der Waals surface area contributed by atoms with Gasteiger partial charge >= 0.3 is 0 Å². The summed E-state index contributed by atoms with van der Waals surface area (Å²) in [7, 11) is -3.31. The molecule has 27 heavy (non-hydrogen) atoms. The highest BCUT2D eigenvalue weighted by Gasteiger charge is 2.32. The van der Waals surface area contributed by atoms with Gasteiger partial charge in [0.05, 0.1) is 22.7 Å². The van der Waals surface area contributed by atoms with Crippen molar-refractivity contribution >= 4 is 15.7 Å². The number of sulfone groups is 1. The van der Waals surface area contributed by atoms with Crippen LogP contribution in [0.5, 0.6) is 5.88 Å². The molecule has 1 aromatic carbocycles. The lowest BCUT2D eigenvalue weighted by Crippen LogP contribution is -2.33. The third-order valence-electron chi connectivity index (χ3n) is 4.54. The number of aromatic nitrogens is 1. The van der Waals surface area contributed by atoms with Crippen molar-refractivity contribution in [2.45, 2.75) is 31.6 Å². The molecular formula is C20H24N2O4S. The molecule has 2 aromatic rings. The molecule has 0 spiro atoms. The number of hydrogen-bond acceptors (Lipinski definition) is 5. The first kappa shape index (κ1) is 19.4.